The Bertz CT molecular complexity index is 1330. The van der Waals surface area contributed by atoms with Crippen LogP contribution in [0.25, 0.3) is 11.3 Å². The van der Waals surface area contributed by atoms with Crippen molar-refractivity contribution in [2.75, 3.05) is 12.1 Å². The van der Waals surface area contributed by atoms with Gasteiger partial charge in [-0.25, -0.2) is 0 Å². The lowest BCUT2D eigenvalue weighted by Gasteiger charge is -2.05. The summed E-state index contributed by atoms with van der Waals surface area (Å²) >= 11 is 18.4. The number of nitrogens with zero attached hydrogens (tertiary/aromatic N) is 3. The molecule has 0 saturated carbocycles. The number of carbonyl (C=O) groups excluding carboxylic acids is 1. The monoisotopic (exact) mass is 489 g/mol. The minimum atomic E-state index is -0.429. The van der Waals surface area contributed by atoms with Gasteiger partial charge in [0.2, 0.25) is 6.79 Å². The number of rotatable bonds is 5. The molecule has 2 aromatic carbocycles. The van der Waals surface area contributed by atoms with Crippen LogP contribution in [-0.2, 0) is 6.54 Å². The molecule has 1 amide bonds. The van der Waals surface area contributed by atoms with Gasteiger partial charge in [-0.2, -0.15) is 10.2 Å². The summed E-state index contributed by atoms with van der Waals surface area (Å²) in [5.41, 5.74) is 2.44. The summed E-state index contributed by atoms with van der Waals surface area (Å²) in [6.45, 7) is 0.550. The molecule has 8 nitrogen and oxygen atoms in total. The molecule has 162 valence electrons. The first kappa shape index (κ1) is 20.7. The van der Waals surface area contributed by atoms with E-state index in [1.165, 1.54) is 0 Å². The van der Waals surface area contributed by atoms with E-state index < -0.39 is 5.91 Å². The molecular formula is C21H14Cl3N5O3. The highest BCUT2D eigenvalue weighted by Gasteiger charge is 2.18. The second-order valence-electron chi connectivity index (χ2n) is 6.95. The summed E-state index contributed by atoms with van der Waals surface area (Å²) in [6, 6.07) is 12.3. The van der Waals surface area contributed by atoms with Crippen LogP contribution < -0.4 is 14.8 Å². The van der Waals surface area contributed by atoms with Gasteiger partial charge < -0.3 is 14.8 Å². The molecule has 0 unspecified atom stereocenters. The minimum Gasteiger partial charge on any atom is -0.454 e. The molecule has 32 heavy (non-hydrogen) atoms. The van der Waals surface area contributed by atoms with Crippen LogP contribution in [0.1, 0.15) is 16.1 Å². The van der Waals surface area contributed by atoms with Crippen LogP contribution in [-0.4, -0.2) is 32.7 Å². The maximum absolute atomic E-state index is 12.7. The van der Waals surface area contributed by atoms with Gasteiger partial charge in [-0.05, 0) is 42.0 Å². The van der Waals surface area contributed by atoms with Crippen LogP contribution in [0, 0.1) is 0 Å². The van der Waals surface area contributed by atoms with Gasteiger partial charge in [0.05, 0.1) is 12.2 Å². The van der Waals surface area contributed by atoms with Crippen molar-refractivity contribution in [1.82, 2.24) is 20.0 Å². The van der Waals surface area contributed by atoms with Crippen molar-refractivity contribution in [3.05, 3.63) is 75.0 Å². The lowest BCUT2D eigenvalue weighted by atomic mass is 10.1. The Morgan fingerprint density at radius 1 is 1.06 bits per heavy atom. The predicted molar refractivity (Wildman–Crippen MR) is 121 cm³/mol. The number of fused-ring (bicyclic) bond motifs is 1. The van der Waals surface area contributed by atoms with Crippen LogP contribution in [0.3, 0.4) is 0 Å². The van der Waals surface area contributed by atoms with Crippen LogP contribution in [0.2, 0.25) is 15.1 Å². The molecule has 0 saturated heterocycles. The Morgan fingerprint density at radius 3 is 2.75 bits per heavy atom. The number of halogens is 3. The second-order valence-corrected chi connectivity index (χ2v) is 8.20. The quantitative estimate of drug-likeness (QED) is 0.398. The highest BCUT2D eigenvalue weighted by atomic mass is 35.5. The molecule has 0 atom stereocenters. The number of amides is 1. The first-order valence-corrected chi connectivity index (χ1v) is 10.5. The molecule has 0 fully saturated rings. The Kier molecular flexibility index (Phi) is 5.42. The SMILES string of the molecule is O=C(Nc1nn(Cc2ccc(Cl)cc2Cl)cc1Cl)c1cc(-c2ccc3c(c2)OCO3)n[nH]1. The Balaban J connectivity index is 1.30. The zero-order chi connectivity index (χ0) is 22.2. The number of hydrogen-bond acceptors (Lipinski definition) is 5. The molecular weight excluding hydrogens is 477 g/mol. The van der Waals surface area contributed by atoms with E-state index >= 15 is 0 Å². The molecule has 11 heteroatoms. The maximum Gasteiger partial charge on any atom is 0.274 e. The first-order valence-electron chi connectivity index (χ1n) is 9.40. The zero-order valence-corrected chi connectivity index (χ0v) is 18.5. The fraction of sp³-hybridized carbons (Fsp3) is 0.0952. The molecule has 4 aromatic rings. The normalized spacial score (nSPS) is 12.2. The van der Waals surface area contributed by atoms with E-state index in [9.17, 15) is 4.79 Å². The summed E-state index contributed by atoms with van der Waals surface area (Å²) in [6.07, 6.45) is 1.60. The average Bonchev–Trinajstić information content (AvgIpc) is 3.50. The van der Waals surface area contributed by atoms with Gasteiger partial charge in [0.25, 0.3) is 5.91 Å². The van der Waals surface area contributed by atoms with Gasteiger partial charge in [-0.1, -0.05) is 40.9 Å². The van der Waals surface area contributed by atoms with Crippen molar-refractivity contribution in [3.8, 4) is 22.8 Å². The number of benzene rings is 2. The van der Waals surface area contributed by atoms with Gasteiger partial charge in [0.15, 0.2) is 17.3 Å². The number of nitrogens with one attached hydrogen (secondary N) is 2. The third kappa shape index (κ3) is 4.12. The van der Waals surface area contributed by atoms with Gasteiger partial charge in [0.1, 0.15) is 10.7 Å². The lowest BCUT2D eigenvalue weighted by Crippen LogP contribution is -2.13. The summed E-state index contributed by atoms with van der Waals surface area (Å²) in [4.78, 5) is 12.7. The molecule has 1 aliphatic heterocycles. The van der Waals surface area contributed by atoms with Gasteiger partial charge in [-0.3, -0.25) is 14.6 Å². The molecule has 0 spiro atoms. The van der Waals surface area contributed by atoms with Gasteiger partial charge in [-0.15, -0.1) is 0 Å². The van der Waals surface area contributed by atoms with Crippen molar-refractivity contribution < 1.29 is 14.3 Å². The van der Waals surface area contributed by atoms with Crippen LogP contribution in [0.5, 0.6) is 11.5 Å². The number of aromatic nitrogens is 4. The molecule has 0 radical (unpaired) electrons. The van der Waals surface area contributed by atoms with E-state index in [2.05, 4.69) is 20.6 Å². The van der Waals surface area contributed by atoms with E-state index in [4.69, 9.17) is 44.3 Å². The van der Waals surface area contributed by atoms with Gasteiger partial charge >= 0.3 is 0 Å². The van der Waals surface area contributed by atoms with E-state index in [-0.39, 0.29) is 18.3 Å². The zero-order valence-electron chi connectivity index (χ0n) is 16.2. The molecule has 3 heterocycles. The fourth-order valence-corrected chi connectivity index (χ4v) is 3.87. The third-order valence-electron chi connectivity index (χ3n) is 4.79. The van der Waals surface area contributed by atoms with Gasteiger partial charge in [0, 0.05) is 21.8 Å². The van der Waals surface area contributed by atoms with Crippen molar-refractivity contribution in [3.63, 3.8) is 0 Å². The third-order valence-corrected chi connectivity index (χ3v) is 5.65. The predicted octanol–water partition coefficient (Wildman–Crippen LogP) is 5.26. The van der Waals surface area contributed by atoms with Crippen molar-refractivity contribution in [2.24, 2.45) is 0 Å². The number of carbonyl (C=O) groups is 1. The van der Waals surface area contributed by atoms with E-state index in [1.807, 2.05) is 6.07 Å². The second kappa shape index (κ2) is 8.38. The highest BCUT2D eigenvalue weighted by Crippen LogP contribution is 2.35. The fourth-order valence-electron chi connectivity index (χ4n) is 3.20. The standard InChI is InChI=1S/C21H14Cl3N5O3/c22-13-3-1-12(14(23)6-13)8-29-9-15(24)20(28-29)25-21(30)17-7-16(26-27-17)11-2-4-18-19(5-11)32-10-31-18/h1-7,9H,8,10H2,(H,26,27)(H,25,28,30). The number of anilines is 1. The molecule has 2 aromatic heterocycles. The highest BCUT2D eigenvalue weighted by molar-refractivity contribution is 6.35. The van der Waals surface area contributed by atoms with E-state index in [0.717, 1.165) is 11.1 Å². The Hall–Kier alpha value is -3.20. The summed E-state index contributed by atoms with van der Waals surface area (Å²) < 4.78 is 12.3. The van der Waals surface area contributed by atoms with Crippen molar-refractivity contribution >= 4 is 46.5 Å². The number of hydrogen-bond donors (Lipinski definition) is 2. The van der Waals surface area contributed by atoms with Crippen molar-refractivity contribution in [2.45, 2.75) is 6.54 Å². The molecule has 5 rings (SSSR count). The summed E-state index contributed by atoms with van der Waals surface area (Å²) in [7, 11) is 0. The smallest absolute Gasteiger partial charge is 0.274 e. The Labute approximate surface area is 197 Å². The Morgan fingerprint density at radius 2 is 1.91 bits per heavy atom. The topological polar surface area (TPSA) is 94.1 Å². The number of H-pyrrole nitrogens is 1. The molecule has 2 N–H and O–H groups in total. The average molecular weight is 491 g/mol. The van der Waals surface area contributed by atoms with E-state index in [0.29, 0.717) is 38.8 Å². The maximum atomic E-state index is 12.7. The summed E-state index contributed by atoms with van der Waals surface area (Å²) in [5.74, 6) is 1.10. The van der Waals surface area contributed by atoms with Crippen molar-refractivity contribution in [1.29, 1.82) is 0 Å². The van der Waals surface area contributed by atoms with Crippen LogP contribution in [0.15, 0.2) is 48.7 Å². The van der Waals surface area contributed by atoms with E-state index in [1.54, 1.807) is 47.3 Å². The number of ether oxygens (including phenoxy) is 2. The molecule has 0 aliphatic carbocycles. The first-order chi connectivity index (χ1) is 15.5. The largest absolute Gasteiger partial charge is 0.454 e. The van der Waals surface area contributed by atoms with Crippen LogP contribution in [0.4, 0.5) is 5.82 Å². The summed E-state index contributed by atoms with van der Waals surface area (Å²) in [5, 5.41) is 15.3. The molecule has 0 bridgehead atoms. The van der Waals surface area contributed by atoms with Crippen LogP contribution >= 0.6 is 34.8 Å². The number of aromatic amines is 1. The lowest BCUT2D eigenvalue weighted by molar-refractivity contribution is 0.102. The minimum absolute atomic E-state index is 0.185. The molecule has 1 aliphatic rings.